The number of allylic oxidation sites excluding steroid dienone is 1. The zero-order valence-electron chi connectivity index (χ0n) is 13.3. The Morgan fingerprint density at radius 3 is 2.87 bits per heavy atom. The molecule has 1 saturated carbocycles. The van der Waals surface area contributed by atoms with Crippen molar-refractivity contribution in [1.82, 2.24) is 0 Å². The number of cyclic esters (lactones) is 1. The van der Waals surface area contributed by atoms with Crippen LogP contribution in [0.5, 0.6) is 0 Å². The van der Waals surface area contributed by atoms with Crippen LogP contribution in [0.25, 0.3) is 0 Å². The van der Waals surface area contributed by atoms with E-state index in [2.05, 4.69) is 18.5 Å². The number of hydrogen-bond acceptors (Lipinski definition) is 4. The second kappa shape index (κ2) is 6.20. The van der Waals surface area contributed by atoms with Crippen LogP contribution < -0.4 is 5.32 Å². The molecule has 2 N–H and O–H groups in total. The van der Waals surface area contributed by atoms with Gasteiger partial charge in [-0.25, -0.2) is 0 Å². The van der Waals surface area contributed by atoms with Crippen LogP contribution in [0.2, 0.25) is 0 Å². The van der Waals surface area contributed by atoms with Crippen molar-refractivity contribution in [1.29, 1.82) is 0 Å². The number of benzene rings is 1. The molecule has 0 aromatic heterocycles. The summed E-state index contributed by atoms with van der Waals surface area (Å²) < 4.78 is 5.32. The van der Waals surface area contributed by atoms with Crippen molar-refractivity contribution in [2.24, 2.45) is 11.3 Å². The van der Waals surface area contributed by atoms with Crippen LogP contribution in [-0.4, -0.2) is 30.3 Å². The number of hydrogen-bond donors (Lipinski definition) is 2. The number of ether oxygens (including phenoxy) is 1. The molecule has 1 saturated heterocycles. The summed E-state index contributed by atoms with van der Waals surface area (Å²) in [6.07, 6.45) is 3.27. The third-order valence-corrected chi connectivity index (χ3v) is 4.97. The van der Waals surface area contributed by atoms with E-state index in [9.17, 15) is 9.90 Å². The molecule has 23 heavy (non-hydrogen) atoms. The molecule has 1 aromatic rings. The zero-order chi connectivity index (χ0) is 16.4. The highest BCUT2D eigenvalue weighted by Gasteiger charge is 2.55. The molecule has 0 bridgehead atoms. The van der Waals surface area contributed by atoms with Crippen molar-refractivity contribution in [3.05, 3.63) is 54.6 Å². The molecular weight excluding hydrogens is 290 g/mol. The highest BCUT2D eigenvalue weighted by molar-refractivity contribution is 5.81. The fourth-order valence-corrected chi connectivity index (χ4v) is 3.67. The number of anilines is 1. The molecule has 122 valence electrons. The first-order valence-electron chi connectivity index (χ1n) is 8.01. The summed E-state index contributed by atoms with van der Waals surface area (Å²) in [5.74, 6) is 0.195. The predicted octanol–water partition coefficient (Wildman–Crippen LogP) is 2.70. The number of carbonyl (C=O) groups excluding carboxylic acids is 1. The molecule has 1 heterocycles. The van der Waals surface area contributed by atoms with E-state index in [1.807, 2.05) is 24.3 Å². The Labute approximate surface area is 136 Å². The van der Waals surface area contributed by atoms with E-state index in [0.29, 0.717) is 19.6 Å². The van der Waals surface area contributed by atoms with Gasteiger partial charge in [0.15, 0.2) is 0 Å². The van der Waals surface area contributed by atoms with E-state index in [1.54, 1.807) is 0 Å². The quantitative estimate of drug-likeness (QED) is 0.626. The van der Waals surface area contributed by atoms with Gasteiger partial charge < -0.3 is 15.2 Å². The number of carbonyl (C=O) groups is 1. The molecule has 3 atom stereocenters. The Bertz CT molecular complexity index is 622. The Kier molecular flexibility index (Phi) is 4.26. The van der Waals surface area contributed by atoms with Gasteiger partial charge in [0, 0.05) is 18.2 Å². The van der Waals surface area contributed by atoms with Gasteiger partial charge in [-0.05, 0) is 37.0 Å². The summed E-state index contributed by atoms with van der Waals surface area (Å²) in [4.78, 5) is 12.3. The molecule has 1 aliphatic carbocycles. The second-order valence-corrected chi connectivity index (χ2v) is 6.64. The number of rotatable bonds is 6. The lowest BCUT2D eigenvalue weighted by Gasteiger charge is -2.24. The largest absolute Gasteiger partial charge is 0.465 e. The van der Waals surface area contributed by atoms with E-state index in [0.717, 1.165) is 29.7 Å². The molecule has 3 unspecified atom stereocenters. The highest BCUT2D eigenvalue weighted by atomic mass is 16.5. The van der Waals surface area contributed by atoms with E-state index >= 15 is 0 Å². The molecule has 2 aliphatic rings. The molecule has 0 amide bonds. The van der Waals surface area contributed by atoms with Crippen molar-refractivity contribution in [2.75, 3.05) is 18.5 Å². The SMILES string of the molecule is C=CC(O)CNc1ccc(CC23CC(=C)CC2COC3=O)cc1. The molecule has 1 aliphatic heterocycles. The summed E-state index contributed by atoms with van der Waals surface area (Å²) >= 11 is 0. The van der Waals surface area contributed by atoms with Crippen LogP contribution >= 0.6 is 0 Å². The second-order valence-electron chi connectivity index (χ2n) is 6.64. The molecule has 1 aromatic carbocycles. The van der Waals surface area contributed by atoms with Crippen molar-refractivity contribution in [3.8, 4) is 0 Å². The van der Waals surface area contributed by atoms with Gasteiger partial charge >= 0.3 is 5.97 Å². The van der Waals surface area contributed by atoms with Gasteiger partial charge in [-0.2, -0.15) is 0 Å². The van der Waals surface area contributed by atoms with Crippen LogP contribution in [0.3, 0.4) is 0 Å². The normalized spacial score (nSPS) is 27.4. The molecule has 4 nitrogen and oxygen atoms in total. The highest BCUT2D eigenvalue weighted by Crippen LogP contribution is 2.52. The summed E-state index contributed by atoms with van der Waals surface area (Å²) in [7, 11) is 0. The number of esters is 1. The van der Waals surface area contributed by atoms with Gasteiger partial charge in [-0.3, -0.25) is 4.79 Å². The van der Waals surface area contributed by atoms with Gasteiger partial charge in [-0.15, -0.1) is 6.58 Å². The van der Waals surface area contributed by atoms with Gasteiger partial charge in [0.1, 0.15) is 0 Å². The standard InChI is InChI=1S/C19H23NO3/c1-3-17(21)11-20-16-6-4-14(5-7-16)10-19-9-13(2)8-15(19)12-23-18(19)22/h3-7,15,17,20-21H,1-2,8-12H2. The molecule has 3 rings (SSSR count). The van der Waals surface area contributed by atoms with E-state index in [1.165, 1.54) is 6.08 Å². The van der Waals surface area contributed by atoms with Gasteiger partial charge in [0.2, 0.25) is 0 Å². The van der Waals surface area contributed by atoms with E-state index < -0.39 is 11.5 Å². The first kappa shape index (κ1) is 15.8. The minimum atomic E-state index is -0.563. The van der Waals surface area contributed by atoms with Crippen molar-refractivity contribution < 1.29 is 14.6 Å². The monoisotopic (exact) mass is 313 g/mol. The number of aliphatic hydroxyl groups excluding tert-OH is 1. The van der Waals surface area contributed by atoms with Gasteiger partial charge in [0.25, 0.3) is 0 Å². The molecule has 0 spiro atoms. The lowest BCUT2D eigenvalue weighted by atomic mass is 9.75. The average Bonchev–Trinajstić information content (AvgIpc) is 3.01. The third kappa shape index (κ3) is 3.04. The van der Waals surface area contributed by atoms with Gasteiger partial charge in [-0.1, -0.05) is 30.4 Å². The maximum Gasteiger partial charge on any atom is 0.313 e. The van der Waals surface area contributed by atoms with Crippen LogP contribution in [0.4, 0.5) is 5.69 Å². The summed E-state index contributed by atoms with van der Waals surface area (Å²) in [6.45, 7) is 8.57. The lowest BCUT2D eigenvalue weighted by Crippen LogP contribution is -2.31. The van der Waals surface area contributed by atoms with Crippen LogP contribution in [0.1, 0.15) is 18.4 Å². The maximum atomic E-state index is 12.3. The van der Waals surface area contributed by atoms with Crippen LogP contribution in [0.15, 0.2) is 49.1 Å². The van der Waals surface area contributed by atoms with E-state index in [4.69, 9.17) is 4.74 Å². The summed E-state index contributed by atoms with van der Waals surface area (Å²) in [5, 5.41) is 12.6. The fraction of sp³-hybridized carbons (Fsp3) is 0.421. The smallest absolute Gasteiger partial charge is 0.313 e. The summed E-state index contributed by atoms with van der Waals surface area (Å²) in [5.41, 5.74) is 2.81. The maximum absolute atomic E-state index is 12.3. The molecule has 0 radical (unpaired) electrons. The van der Waals surface area contributed by atoms with Crippen LogP contribution in [0, 0.1) is 11.3 Å². The Morgan fingerprint density at radius 2 is 2.17 bits per heavy atom. The minimum absolute atomic E-state index is 0.0718. The van der Waals surface area contributed by atoms with Gasteiger partial charge in [0.05, 0.1) is 18.1 Å². The molecular formula is C19H23NO3. The van der Waals surface area contributed by atoms with Crippen LogP contribution in [-0.2, 0) is 16.0 Å². The number of aliphatic hydroxyl groups is 1. The van der Waals surface area contributed by atoms with Crippen molar-refractivity contribution in [2.45, 2.75) is 25.4 Å². The molecule has 2 fully saturated rings. The molecule has 4 heteroatoms. The first-order chi connectivity index (χ1) is 11.0. The predicted molar refractivity (Wildman–Crippen MR) is 90.1 cm³/mol. The average molecular weight is 313 g/mol. The number of nitrogens with one attached hydrogen (secondary N) is 1. The fourth-order valence-electron chi connectivity index (χ4n) is 3.67. The minimum Gasteiger partial charge on any atom is -0.465 e. The van der Waals surface area contributed by atoms with E-state index in [-0.39, 0.29) is 11.9 Å². The lowest BCUT2D eigenvalue weighted by molar-refractivity contribution is -0.146. The Hall–Kier alpha value is -2.07. The Morgan fingerprint density at radius 1 is 1.43 bits per heavy atom. The first-order valence-corrected chi connectivity index (χ1v) is 8.01. The van der Waals surface area contributed by atoms with Crippen molar-refractivity contribution >= 4 is 11.7 Å². The zero-order valence-corrected chi connectivity index (χ0v) is 13.3. The number of fused-ring (bicyclic) bond motifs is 1. The topological polar surface area (TPSA) is 58.6 Å². The summed E-state index contributed by atoms with van der Waals surface area (Å²) in [6, 6.07) is 8.00. The third-order valence-electron chi connectivity index (χ3n) is 4.97. The van der Waals surface area contributed by atoms with Crippen molar-refractivity contribution in [3.63, 3.8) is 0 Å². The Balaban J connectivity index is 1.69.